The van der Waals surface area contributed by atoms with Crippen LogP contribution in [0.4, 0.5) is 4.39 Å². The molecule has 1 heterocycles. The van der Waals surface area contributed by atoms with Crippen molar-refractivity contribution in [2.75, 3.05) is 0 Å². The lowest BCUT2D eigenvalue weighted by molar-refractivity contribution is -0.130. The van der Waals surface area contributed by atoms with Crippen LogP contribution in [-0.2, 0) is 11.2 Å². The van der Waals surface area contributed by atoms with E-state index in [1.807, 2.05) is 13.8 Å². The summed E-state index contributed by atoms with van der Waals surface area (Å²) in [5, 5.41) is 10.7. The van der Waals surface area contributed by atoms with Gasteiger partial charge in [-0.1, -0.05) is 22.0 Å². The smallest absolute Gasteiger partial charge is 0.124 e. The third-order valence-electron chi connectivity index (χ3n) is 3.33. The first kappa shape index (κ1) is 14.0. The largest absolute Gasteiger partial charge is 0.389 e. The fraction of sp³-hybridized carbons (Fsp3) is 0.571. The summed E-state index contributed by atoms with van der Waals surface area (Å²) in [6.07, 6.45) is 1.85. The van der Waals surface area contributed by atoms with Crippen LogP contribution in [0.25, 0.3) is 0 Å². The van der Waals surface area contributed by atoms with E-state index in [4.69, 9.17) is 4.74 Å². The van der Waals surface area contributed by atoms with Crippen molar-refractivity contribution in [2.24, 2.45) is 0 Å². The maximum atomic E-state index is 13.0. The van der Waals surface area contributed by atoms with Crippen LogP contribution in [0, 0.1) is 5.82 Å². The van der Waals surface area contributed by atoms with Crippen molar-refractivity contribution in [3.05, 3.63) is 34.1 Å². The molecule has 1 aromatic rings. The molecule has 0 aromatic heterocycles. The van der Waals surface area contributed by atoms with Gasteiger partial charge in [0.15, 0.2) is 0 Å². The van der Waals surface area contributed by atoms with Gasteiger partial charge in [0.25, 0.3) is 0 Å². The minimum Gasteiger partial charge on any atom is -0.389 e. The Morgan fingerprint density at radius 2 is 2.00 bits per heavy atom. The number of hydrogen-bond donors (Lipinski definition) is 1. The zero-order chi connectivity index (χ0) is 13.3. The first-order chi connectivity index (χ1) is 8.38. The molecule has 0 radical (unpaired) electrons. The van der Waals surface area contributed by atoms with Crippen molar-refractivity contribution >= 4 is 15.9 Å². The monoisotopic (exact) mass is 316 g/mol. The van der Waals surface area contributed by atoms with Gasteiger partial charge < -0.3 is 9.84 Å². The van der Waals surface area contributed by atoms with Gasteiger partial charge in [-0.25, -0.2) is 4.39 Å². The summed E-state index contributed by atoms with van der Waals surface area (Å²) in [6, 6.07) is 4.59. The van der Waals surface area contributed by atoms with E-state index in [1.54, 1.807) is 6.07 Å². The molecule has 2 nitrogen and oxygen atoms in total. The number of hydrogen-bond acceptors (Lipinski definition) is 2. The molecule has 1 aliphatic heterocycles. The maximum Gasteiger partial charge on any atom is 0.124 e. The normalized spacial score (nSPS) is 32.5. The minimum atomic E-state index is -0.766. The quantitative estimate of drug-likeness (QED) is 0.905. The van der Waals surface area contributed by atoms with E-state index >= 15 is 0 Å². The maximum absolute atomic E-state index is 13.0. The van der Waals surface area contributed by atoms with Crippen molar-refractivity contribution in [1.82, 2.24) is 0 Å². The number of ether oxygens (including phenoxy) is 1. The molecule has 2 unspecified atom stereocenters. The molecule has 1 fully saturated rings. The predicted octanol–water partition coefficient (Wildman–Crippen LogP) is 3.45. The molecule has 18 heavy (non-hydrogen) atoms. The summed E-state index contributed by atoms with van der Waals surface area (Å²) in [6.45, 7) is 3.95. The van der Waals surface area contributed by atoms with Crippen LogP contribution >= 0.6 is 15.9 Å². The summed E-state index contributed by atoms with van der Waals surface area (Å²) in [7, 11) is 0. The molecule has 2 rings (SSSR count). The Morgan fingerprint density at radius 3 is 2.56 bits per heavy atom. The van der Waals surface area contributed by atoms with E-state index in [0.717, 1.165) is 5.56 Å². The van der Waals surface area contributed by atoms with Crippen LogP contribution in [0.15, 0.2) is 22.7 Å². The molecule has 1 saturated heterocycles. The summed E-state index contributed by atoms with van der Waals surface area (Å²) >= 11 is 3.35. The molecule has 1 N–H and O–H groups in total. The Morgan fingerprint density at radius 1 is 1.39 bits per heavy atom. The molecular weight excluding hydrogens is 299 g/mol. The summed E-state index contributed by atoms with van der Waals surface area (Å²) < 4.78 is 19.4. The van der Waals surface area contributed by atoms with E-state index in [-0.39, 0.29) is 18.0 Å². The Labute approximate surface area is 115 Å². The first-order valence-corrected chi connectivity index (χ1v) is 6.99. The predicted molar refractivity (Wildman–Crippen MR) is 72.0 cm³/mol. The Balaban J connectivity index is 2.16. The molecule has 0 spiro atoms. The Bertz CT molecular complexity index is 426. The van der Waals surface area contributed by atoms with Gasteiger partial charge in [-0.2, -0.15) is 0 Å². The minimum absolute atomic E-state index is 0.0537. The van der Waals surface area contributed by atoms with E-state index in [0.29, 0.717) is 23.7 Å². The van der Waals surface area contributed by atoms with Crippen LogP contribution in [0.1, 0.15) is 32.3 Å². The third-order valence-corrected chi connectivity index (χ3v) is 4.07. The van der Waals surface area contributed by atoms with E-state index in [2.05, 4.69) is 15.9 Å². The van der Waals surface area contributed by atoms with Crippen molar-refractivity contribution < 1.29 is 14.2 Å². The molecule has 100 valence electrons. The molecule has 0 bridgehead atoms. The summed E-state index contributed by atoms with van der Waals surface area (Å²) in [5.41, 5.74) is 0.164. The van der Waals surface area contributed by atoms with Crippen LogP contribution in [0.5, 0.6) is 0 Å². The highest BCUT2D eigenvalue weighted by atomic mass is 79.9. The van der Waals surface area contributed by atoms with Gasteiger partial charge in [-0.05, 0) is 31.5 Å². The van der Waals surface area contributed by atoms with Crippen LogP contribution in [0.3, 0.4) is 0 Å². The van der Waals surface area contributed by atoms with Gasteiger partial charge >= 0.3 is 0 Å². The van der Waals surface area contributed by atoms with Crippen LogP contribution < -0.4 is 0 Å². The second-order valence-corrected chi connectivity index (χ2v) is 6.16. The molecular formula is C14H18BrFO2. The highest BCUT2D eigenvalue weighted by Gasteiger charge is 2.37. The lowest BCUT2D eigenvalue weighted by atomic mass is 9.82. The first-order valence-electron chi connectivity index (χ1n) is 6.20. The number of halogens is 2. The molecule has 4 heteroatoms. The lowest BCUT2D eigenvalue weighted by Gasteiger charge is -2.39. The second kappa shape index (κ2) is 5.27. The molecule has 0 amide bonds. The Hall–Kier alpha value is -0.450. The van der Waals surface area contributed by atoms with Crippen molar-refractivity contribution in [2.45, 2.75) is 50.9 Å². The van der Waals surface area contributed by atoms with Gasteiger partial charge in [0.05, 0.1) is 17.8 Å². The standard InChI is InChI=1S/C14H18BrFO2/c1-9-6-14(17,7-10(2)18-9)8-11-3-4-12(16)5-13(11)15/h3-5,9-10,17H,6-8H2,1-2H3. The molecule has 1 aromatic carbocycles. The van der Waals surface area contributed by atoms with Gasteiger partial charge in [0, 0.05) is 23.7 Å². The van der Waals surface area contributed by atoms with Gasteiger partial charge in [-0.3, -0.25) is 0 Å². The highest BCUT2D eigenvalue weighted by molar-refractivity contribution is 9.10. The molecule has 0 saturated carbocycles. The average molecular weight is 317 g/mol. The fourth-order valence-corrected chi connectivity index (χ4v) is 3.30. The van der Waals surface area contributed by atoms with E-state index < -0.39 is 5.60 Å². The highest BCUT2D eigenvalue weighted by Crippen LogP contribution is 2.33. The summed E-state index contributed by atoms with van der Waals surface area (Å²) in [4.78, 5) is 0. The van der Waals surface area contributed by atoms with Crippen LogP contribution in [0.2, 0.25) is 0 Å². The van der Waals surface area contributed by atoms with E-state index in [9.17, 15) is 9.50 Å². The van der Waals surface area contributed by atoms with E-state index in [1.165, 1.54) is 12.1 Å². The SMILES string of the molecule is CC1CC(O)(Cc2ccc(F)cc2Br)CC(C)O1. The number of rotatable bonds is 2. The second-order valence-electron chi connectivity index (χ2n) is 5.30. The summed E-state index contributed by atoms with van der Waals surface area (Å²) in [5.74, 6) is -0.272. The number of aliphatic hydroxyl groups is 1. The molecule has 2 atom stereocenters. The number of benzene rings is 1. The zero-order valence-electron chi connectivity index (χ0n) is 10.6. The zero-order valence-corrected chi connectivity index (χ0v) is 12.2. The van der Waals surface area contributed by atoms with Gasteiger partial charge in [-0.15, -0.1) is 0 Å². The van der Waals surface area contributed by atoms with Crippen LogP contribution in [-0.4, -0.2) is 22.9 Å². The molecule has 0 aliphatic carbocycles. The van der Waals surface area contributed by atoms with Crippen molar-refractivity contribution in [1.29, 1.82) is 0 Å². The fourth-order valence-electron chi connectivity index (χ4n) is 2.81. The average Bonchev–Trinajstić information content (AvgIpc) is 2.20. The van der Waals surface area contributed by atoms with Crippen molar-refractivity contribution in [3.8, 4) is 0 Å². The van der Waals surface area contributed by atoms with Crippen molar-refractivity contribution in [3.63, 3.8) is 0 Å². The Kier molecular flexibility index (Phi) is 4.09. The topological polar surface area (TPSA) is 29.5 Å². The van der Waals surface area contributed by atoms with Gasteiger partial charge in [0.1, 0.15) is 5.82 Å². The molecule has 1 aliphatic rings. The lowest BCUT2D eigenvalue weighted by Crippen LogP contribution is -2.44. The third kappa shape index (κ3) is 3.31. The van der Waals surface area contributed by atoms with Gasteiger partial charge in [0.2, 0.25) is 0 Å².